The van der Waals surface area contributed by atoms with Gasteiger partial charge in [0.15, 0.2) is 4.80 Å². The summed E-state index contributed by atoms with van der Waals surface area (Å²) in [7, 11) is 2.76. The van der Waals surface area contributed by atoms with E-state index >= 15 is 0 Å². The quantitative estimate of drug-likeness (QED) is 0.347. The third-order valence-corrected chi connectivity index (χ3v) is 7.52. The molecule has 4 rings (SSSR count). The Balaban J connectivity index is 2.05. The number of fused-ring (bicyclic) bond motifs is 1. The van der Waals surface area contributed by atoms with Crippen molar-refractivity contribution in [2.24, 2.45) is 4.99 Å². The maximum absolute atomic E-state index is 13.6. The van der Waals surface area contributed by atoms with E-state index in [2.05, 4.69) is 4.99 Å². The highest BCUT2D eigenvalue weighted by molar-refractivity contribution is 14.1. The number of halogens is 3. The molecule has 0 radical (unpaired) electrons. The third-order valence-electron chi connectivity index (χ3n) is 5.26. The maximum atomic E-state index is 13.6. The predicted molar refractivity (Wildman–Crippen MR) is 140 cm³/mol. The summed E-state index contributed by atoms with van der Waals surface area (Å²) in [6, 6.07) is 7.28. The minimum absolute atomic E-state index is 0.00956. The number of hydrogen-bond acceptors (Lipinski definition) is 7. The largest absolute Gasteiger partial charge is 0.506 e. The number of carbonyl (C=O) groups excluding carboxylic acids is 1. The molecule has 2 aromatic carbocycles. The van der Waals surface area contributed by atoms with Crippen molar-refractivity contribution < 1.29 is 19.4 Å². The molecule has 1 N–H and O–H groups in total. The summed E-state index contributed by atoms with van der Waals surface area (Å²) in [5.41, 5.74) is 1.11. The van der Waals surface area contributed by atoms with Crippen LogP contribution in [0, 0.1) is 3.57 Å². The number of thiazole rings is 1. The van der Waals surface area contributed by atoms with Crippen LogP contribution in [0.25, 0.3) is 6.08 Å². The van der Waals surface area contributed by atoms with Crippen molar-refractivity contribution in [3.8, 4) is 11.5 Å². The van der Waals surface area contributed by atoms with Gasteiger partial charge in [-0.05, 0) is 65.9 Å². The number of benzene rings is 2. The van der Waals surface area contributed by atoms with Crippen molar-refractivity contribution in [2.45, 2.75) is 13.0 Å². The summed E-state index contributed by atoms with van der Waals surface area (Å²) in [5, 5.41) is 11.3. The zero-order valence-corrected chi connectivity index (χ0v) is 22.5. The summed E-state index contributed by atoms with van der Waals surface area (Å²) in [6.45, 7) is 1.68. The molecule has 34 heavy (non-hydrogen) atoms. The number of esters is 1. The molecule has 2 heterocycles. The second-order valence-corrected chi connectivity index (χ2v) is 10.3. The van der Waals surface area contributed by atoms with Crippen LogP contribution >= 0.6 is 57.1 Å². The van der Waals surface area contributed by atoms with Gasteiger partial charge >= 0.3 is 5.97 Å². The van der Waals surface area contributed by atoms with Gasteiger partial charge in [0.1, 0.15) is 17.5 Å². The number of methoxy groups -OCH3 is 2. The van der Waals surface area contributed by atoms with E-state index in [9.17, 15) is 14.7 Å². The van der Waals surface area contributed by atoms with Crippen LogP contribution in [-0.4, -0.2) is 29.9 Å². The Hall–Kier alpha value is -2.34. The first-order valence-electron chi connectivity index (χ1n) is 9.78. The van der Waals surface area contributed by atoms with Crippen molar-refractivity contribution in [1.82, 2.24) is 4.57 Å². The van der Waals surface area contributed by atoms with Gasteiger partial charge in [-0.1, -0.05) is 34.5 Å². The van der Waals surface area contributed by atoms with E-state index in [1.807, 2.05) is 22.6 Å². The predicted octanol–water partition coefficient (Wildman–Crippen LogP) is 4.03. The Bertz CT molecular complexity index is 1540. The van der Waals surface area contributed by atoms with Crippen LogP contribution in [0.5, 0.6) is 11.5 Å². The number of nitrogens with zero attached hydrogens (tertiary/aromatic N) is 2. The lowest BCUT2D eigenvalue weighted by Gasteiger charge is -2.25. The molecular weight excluding hydrogens is 614 g/mol. The van der Waals surface area contributed by atoms with E-state index in [-0.39, 0.29) is 11.3 Å². The molecule has 0 saturated heterocycles. The summed E-state index contributed by atoms with van der Waals surface area (Å²) >= 11 is 15.5. The molecule has 1 aliphatic heterocycles. The molecule has 0 fully saturated rings. The SMILES string of the molecule is COC(=O)C1=C(C)N=c2s/c(=C\c3cc(Cl)cc(I)c3O)c(=O)n2[C@@H]1c1cc(Cl)ccc1OC. The molecular formula is C23H17Cl2IN2O5S. The summed E-state index contributed by atoms with van der Waals surface area (Å²) in [6.07, 6.45) is 1.55. The molecule has 0 aliphatic carbocycles. The first-order valence-corrected chi connectivity index (χ1v) is 12.4. The van der Waals surface area contributed by atoms with E-state index in [0.29, 0.717) is 45.5 Å². The number of carbonyl (C=O) groups is 1. The number of rotatable bonds is 4. The number of aromatic nitrogens is 1. The number of aromatic hydroxyl groups is 1. The van der Waals surface area contributed by atoms with E-state index in [1.54, 1.807) is 43.3 Å². The van der Waals surface area contributed by atoms with E-state index in [4.69, 9.17) is 32.7 Å². The van der Waals surface area contributed by atoms with Crippen LogP contribution in [0.15, 0.2) is 51.4 Å². The molecule has 7 nitrogen and oxygen atoms in total. The Morgan fingerprint density at radius 1 is 1.24 bits per heavy atom. The molecule has 1 atom stereocenters. The minimum atomic E-state index is -0.882. The monoisotopic (exact) mass is 630 g/mol. The fraction of sp³-hybridized carbons (Fsp3) is 0.174. The van der Waals surface area contributed by atoms with Gasteiger partial charge < -0.3 is 14.6 Å². The van der Waals surface area contributed by atoms with E-state index < -0.39 is 17.6 Å². The first-order chi connectivity index (χ1) is 16.2. The zero-order valence-electron chi connectivity index (χ0n) is 18.1. The van der Waals surface area contributed by atoms with Crippen LogP contribution < -0.4 is 19.6 Å². The van der Waals surface area contributed by atoms with Gasteiger partial charge in [-0.25, -0.2) is 9.79 Å². The molecule has 176 valence electrons. The first kappa shape index (κ1) is 24.8. The lowest BCUT2D eigenvalue weighted by Crippen LogP contribution is -2.40. The summed E-state index contributed by atoms with van der Waals surface area (Å²) < 4.78 is 12.8. The number of ether oxygens (including phenoxy) is 2. The van der Waals surface area contributed by atoms with Crippen molar-refractivity contribution in [3.63, 3.8) is 0 Å². The Kier molecular flexibility index (Phi) is 7.09. The van der Waals surface area contributed by atoms with Gasteiger partial charge in [0, 0.05) is 21.2 Å². The molecule has 0 bridgehead atoms. The molecule has 1 aromatic heterocycles. The highest BCUT2D eigenvalue weighted by Gasteiger charge is 2.35. The molecule has 3 aromatic rings. The van der Waals surface area contributed by atoms with Gasteiger partial charge in [0.2, 0.25) is 0 Å². The topological polar surface area (TPSA) is 90.1 Å². The van der Waals surface area contributed by atoms with Crippen molar-refractivity contribution >= 4 is 69.2 Å². The van der Waals surface area contributed by atoms with Gasteiger partial charge in [-0.15, -0.1) is 0 Å². The van der Waals surface area contributed by atoms with Crippen LogP contribution in [0.1, 0.15) is 24.1 Å². The van der Waals surface area contributed by atoms with Gasteiger partial charge in [0.25, 0.3) is 5.56 Å². The summed E-state index contributed by atoms with van der Waals surface area (Å²) in [4.78, 5) is 31.3. The molecule has 11 heteroatoms. The molecule has 0 unspecified atom stereocenters. The Labute approximate surface area is 221 Å². The molecule has 0 saturated carbocycles. The maximum Gasteiger partial charge on any atom is 0.338 e. The fourth-order valence-electron chi connectivity index (χ4n) is 3.74. The van der Waals surface area contributed by atoms with Gasteiger partial charge in [0.05, 0.1) is 33.6 Å². The number of allylic oxidation sites excluding steroid dienone is 1. The molecule has 1 aliphatic rings. The highest BCUT2D eigenvalue weighted by atomic mass is 127. The Morgan fingerprint density at radius 2 is 1.97 bits per heavy atom. The van der Waals surface area contributed by atoms with Crippen molar-refractivity contribution in [3.05, 3.63) is 86.0 Å². The van der Waals surface area contributed by atoms with Crippen LogP contribution in [0.3, 0.4) is 0 Å². The number of phenolic OH excluding ortho intramolecular Hbond substituents is 1. The lowest BCUT2D eigenvalue weighted by atomic mass is 9.95. The summed E-state index contributed by atoms with van der Waals surface area (Å²) in [5.74, 6) is -0.165. The standard InChI is InChI=1S/C23H17Cl2IN2O5S/c1-10-18(22(31)33-3)19(14-8-12(24)4-5-16(14)32-2)28-21(30)17(34-23(28)27-10)7-11-6-13(25)9-15(26)20(11)29/h4-9,19,29H,1-3H3/b17-7-/t19-/m1/s1. The second kappa shape index (κ2) is 9.73. The van der Waals surface area contributed by atoms with E-state index in [0.717, 1.165) is 11.3 Å². The van der Waals surface area contributed by atoms with Gasteiger partial charge in [-0.3, -0.25) is 9.36 Å². The van der Waals surface area contributed by atoms with Crippen LogP contribution in [0.2, 0.25) is 10.0 Å². The van der Waals surface area contributed by atoms with E-state index in [1.165, 1.54) is 18.8 Å². The average molecular weight is 631 g/mol. The fourth-order valence-corrected chi connectivity index (χ4v) is 6.02. The van der Waals surface area contributed by atoms with Gasteiger partial charge in [-0.2, -0.15) is 0 Å². The highest BCUT2D eigenvalue weighted by Crippen LogP contribution is 2.37. The smallest absolute Gasteiger partial charge is 0.338 e. The third kappa shape index (κ3) is 4.37. The number of hydrogen-bond donors (Lipinski definition) is 1. The van der Waals surface area contributed by atoms with Crippen LogP contribution in [0.4, 0.5) is 0 Å². The molecule has 0 spiro atoms. The zero-order chi connectivity index (χ0) is 24.7. The number of phenols is 1. The average Bonchev–Trinajstić information content (AvgIpc) is 3.10. The lowest BCUT2D eigenvalue weighted by molar-refractivity contribution is -0.136. The van der Waals surface area contributed by atoms with Crippen LogP contribution in [-0.2, 0) is 9.53 Å². The minimum Gasteiger partial charge on any atom is -0.506 e. The van der Waals surface area contributed by atoms with Crippen molar-refractivity contribution in [1.29, 1.82) is 0 Å². The Morgan fingerprint density at radius 3 is 2.65 bits per heavy atom. The van der Waals surface area contributed by atoms with Crippen molar-refractivity contribution in [2.75, 3.05) is 14.2 Å². The normalized spacial score (nSPS) is 15.7. The molecule has 0 amide bonds. The second-order valence-electron chi connectivity index (χ2n) is 7.29.